The van der Waals surface area contributed by atoms with Crippen LogP contribution in [-0.4, -0.2) is 33.7 Å². The summed E-state index contributed by atoms with van der Waals surface area (Å²) in [5.74, 6) is -0.233. The number of rotatable bonds is 4. The highest BCUT2D eigenvalue weighted by Crippen LogP contribution is 2.30. The quantitative estimate of drug-likeness (QED) is 0.854. The lowest BCUT2D eigenvalue weighted by Crippen LogP contribution is -2.27. The lowest BCUT2D eigenvalue weighted by molar-refractivity contribution is -0.178. The molecule has 118 valence electrons. The molecule has 0 radical (unpaired) electrons. The molecule has 1 aliphatic rings. The summed E-state index contributed by atoms with van der Waals surface area (Å²) in [6, 6.07) is 3.47. The van der Waals surface area contributed by atoms with Crippen LogP contribution in [0.1, 0.15) is 18.4 Å². The van der Waals surface area contributed by atoms with E-state index in [1.165, 1.54) is 0 Å². The second-order valence-electron chi connectivity index (χ2n) is 4.65. The molecule has 4 nitrogen and oxygen atoms in total. The first kappa shape index (κ1) is 16.3. The number of hydrogen-bond acceptors (Lipinski definition) is 4. The Hall–Kier alpha value is -1.12. The van der Waals surface area contributed by atoms with Crippen molar-refractivity contribution >= 4 is 9.84 Å². The Balaban J connectivity index is 2.01. The van der Waals surface area contributed by atoms with Crippen molar-refractivity contribution in [2.75, 3.05) is 19.0 Å². The maximum Gasteiger partial charge on any atom is 0.416 e. The van der Waals surface area contributed by atoms with Crippen LogP contribution < -0.4 is 0 Å². The van der Waals surface area contributed by atoms with Gasteiger partial charge in [-0.2, -0.15) is 13.2 Å². The van der Waals surface area contributed by atoms with Crippen LogP contribution in [0, 0.1) is 0 Å². The van der Waals surface area contributed by atoms with Gasteiger partial charge in [0.1, 0.15) is 0 Å². The van der Waals surface area contributed by atoms with Gasteiger partial charge in [0.15, 0.2) is 16.1 Å². The Morgan fingerprint density at radius 3 is 2.19 bits per heavy atom. The molecule has 0 aromatic heterocycles. The molecule has 0 spiro atoms. The molecular weight excluding hydrogens is 309 g/mol. The predicted molar refractivity (Wildman–Crippen MR) is 68.4 cm³/mol. The fourth-order valence-corrected chi connectivity index (χ4v) is 3.21. The van der Waals surface area contributed by atoms with Crippen LogP contribution in [0.3, 0.4) is 0 Å². The predicted octanol–water partition coefficient (Wildman–Crippen LogP) is 2.63. The van der Waals surface area contributed by atoms with Gasteiger partial charge in [-0.05, 0) is 30.7 Å². The van der Waals surface area contributed by atoms with Gasteiger partial charge in [-0.25, -0.2) is 8.42 Å². The molecule has 0 aliphatic carbocycles. The molecule has 0 N–H and O–H groups in total. The van der Waals surface area contributed by atoms with Gasteiger partial charge in [0.05, 0.1) is 29.4 Å². The van der Waals surface area contributed by atoms with Crippen molar-refractivity contribution in [3.63, 3.8) is 0 Å². The molecule has 1 aromatic carbocycles. The smallest absolute Gasteiger partial charge is 0.353 e. The fraction of sp³-hybridized carbons (Fsp3) is 0.538. The van der Waals surface area contributed by atoms with Crippen LogP contribution in [-0.2, 0) is 25.5 Å². The molecule has 1 heterocycles. The van der Waals surface area contributed by atoms with Crippen LogP contribution in [0.2, 0.25) is 0 Å². The highest BCUT2D eigenvalue weighted by molar-refractivity contribution is 7.91. The van der Waals surface area contributed by atoms with E-state index in [0.717, 1.165) is 30.7 Å². The van der Waals surface area contributed by atoms with Gasteiger partial charge in [0, 0.05) is 6.42 Å². The zero-order valence-electron chi connectivity index (χ0n) is 11.1. The molecule has 1 aliphatic heterocycles. The first-order valence-electron chi connectivity index (χ1n) is 6.42. The minimum absolute atomic E-state index is 0.133. The summed E-state index contributed by atoms with van der Waals surface area (Å²) in [4.78, 5) is -0.133. The summed E-state index contributed by atoms with van der Waals surface area (Å²) in [6.07, 6.45) is -4.12. The Morgan fingerprint density at radius 1 is 1.10 bits per heavy atom. The molecule has 1 fully saturated rings. The molecule has 0 bridgehead atoms. The second kappa shape index (κ2) is 6.33. The van der Waals surface area contributed by atoms with Crippen LogP contribution in [0.4, 0.5) is 13.2 Å². The van der Waals surface area contributed by atoms with Gasteiger partial charge in [-0.1, -0.05) is 0 Å². The molecule has 2 rings (SSSR count). The summed E-state index contributed by atoms with van der Waals surface area (Å²) in [5, 5.41) is 0. The highest BCUT2D eigenvalue weighted by Gasteiger charge is 2.30. The maximum atomic E-state index is 12.4. The van der Waals surface area contributed by atoms with E-state index in [9.17, 15) is 21.6 Å². The normalized spacial score (nSPS) is 17.9. The van der Waals surface area contributed by atoms with E-state index in [4.69, 9.17) is 9.47 Å². The van der Waals surface area contributed by atoms with E-state index in [1.807, 2.05) is 0 Å². The molecule has 0 amide bonds. The zero-order chi connectivity index (χ0) is 15.5. The maximum absolute atomic E-state index is 12.4. The summed E-state index contributed by atoms with van der Waals surface area (Å²) in [7, 11) is -3.65. The SMILES string of the molecule is O=S(=O)(CCC1OCCCO1)c1ccc(C(F)(F)F)cc1. The number of ether oxygens (including phenoxy) is 2. The van der Waals surface area contributed by atoms with E-state index in [1.54, 1.807) is 0 Å². The van der Waals surface area contributed by atoms with Crippen molar-refractivity contribution in [2.45, 2.75) is 30.2 Å². The van der Waals surface area contributed by atoms with Crippen LogP contribution in [0.15, 0.2) is 29.2 Å². The number of sulfone groups is 1. The van der Waals surface area contributed by atoms with E-state index in [2.05, 4.69) is 0 Å². The van der Waals surface area contributed by atoms with Crippen molar-refractivity contribution in [1.82, 2.24) is 0 Å². The number of alkyl halides is 3. The lowest BCUT2D eigenvalue weighted by atomic mass is 10.2. The van der Waals surface area contributed by atoms with E-state index < -0.39 is 27.9 Å². The van der Waals surface area contributed by atoms with Gasteiger partial charge < -0.3 is 9.47 Å². The highest BCUT2D eigenvalue weighted by atomic mass is 32.2. The third-order valence-electron chi connectivity index (χ3n) is 3.06. The van der Waals surface area contributed by atoms with Gasteiger partial charge >= 0.3 is 6.18 Å². The first-order chi connectivity index (χ1) is 9.79. The van der Waals surface area contributed by atoms with E-state index in [-0.39, 0.29) is 17.1 Å². The monoisotopic (exact) mass is 324 g/mol. The van der Waals surface area contributed by atoms with E-state index >= 15 is 0 Å². The number of hydrogen-bond donors (Lipinski definition) is 0. The number of halogens is 3. The Kier molecular flexibility index (Phi) is 4.90. The van der Waals surface area contributed by atoms with E-state index in [0.29, 0.717) is 13.2 Å². The molecule has 0 saturated carbocycles. The van der Waals surface area contributed by atoms with Crippen molar-refractivity contribution in [2.24, 2.45) is 0 Å². The van der Waals surface area contributed by atoms with Gasteiger partial charge in [0.25, 0.3) is 0 Å². The third kappa shape index (κ3) is 4.42. The Labute approximate surface area is 120 Å². The number of benzene rings is 1. The molecule has 1 aromatic rings. The summed E-state index contributed by atoms with van der Waals surface area (Å²) >= 11 is 0. The average molecular weight is 324 g/mol. The second-order valence-corrected chi connectivity index (χ2v) is 6.76. The van der Waals surface area contributed by atoms with Crippen LogP contribution in [0.5, 0.6) is 0 Å². The Bertz CT molecular complexity index is 560. The summed E-state index contributed by atoms with van der Waals surface area (Å²) in [5.41, 5.74) is -0.875. The fourth-order valence-electron chi connectivity index (χ4n) is 1.92. The van der Waals surface area contributed by atoms with Crippen molar-refractivity contribution in [1.29, 1.82) is 0 Å². The molecule has 0 unspecified atom stereocenters. The van der Waals surface area contributed by atoms with Gasteiger partial charge in [-0.15, -0.1) is 0 Å². The van der Waals surface area contributed by atoms with Crippen LogP contribution >= 0.6 is 0 Å². The van der Waals surface area contributed by atoms with Crippen molar-refractivity contribution in [3.05, 3.63) is 29.8 Å². The minimum atomic E-state index is -4.48. The van der Waals surface area contributed by atoms with Crippen molar-refractivity contribution < 1.29 is 31.1 Å². The topological polar surface area (TPSA) is 52.6 Å². The standard InChI is InChI=1S/C13H15F3O4S/c14-13(15,16)10-2-4-11(5-3-10)21(17,18)9-6-12-19-7-1-8-20-12/h2-5,12H,1,6-9H2. The zero-order valence-corrected chi connectivity index (χ0v) is 11.9. The molecule has 0 atom stereocenters. The lowest BCUT2D eigenvalue weighted by Gasteiger charge is -2.22. The third-order valence-corrected chi connectivity index (χ3v) is 4.82. The van der Waals surface area contributed by atoms with Crippen molar-refractivity contribution in [3.8, 4) is 0 Å². The molecule has 1 saturated heterocycles. The molecule has 8 heteroatoms. The van der Waals surface area contributed by atoms with Crippen LogP contribution in [0.25, 0.3) is 0 Å². The average Bonchev–Trinajstić information content (AvgIpc) is 2.46. The molecule has 21 heavy (non-hydrogen) atoms. The summed E-state index contributed by atoms with van der Waals surface area (Å²) < 4.78 is 71.8. The summed E-state index contributed by atoms with van der Waals surface area (Å²) in [6.45, 7) is 1.04. The van der Waals surface area contributed by atoms with Gasteiger partial charge in [-0.3, -0.25) is 0 Å². The largest absolute Gasteiger partial charge is 0.416 e. The Morgan fingerprint density at radius 2 is 1.67 bits per heavy atom. The molecular formula is C13H15F3O4S. The van der Waals surface area contributed by atoms with Gasteiger partial charge in [0.2, 0.25) is 0 Å². The first-order valence-corrected chi connectivity index (χ1v) is 8.07. The minimum Gasteiger partial charge on any atom is -0.353 e.